The fourth-order valence-corrected chi connectivity index (χ4v) is 0.961. The van der Waals surface area contributed by atoms with E-state index in [2.05, 4.69) is 10.3 Å². The minimum atomic E-state index is -0.923. The van der Waals surface area contributed by atoms with Gasteiger partial charge in [0.2, 0.25) is 0 Å². The quantitative estimate of drug-likeness (QED) is 0.779. The summed E-state index contributed by atoms with van der Waals surface area (Å²) in [7, 11) is 0. The molecule has 1 aromatic rings. The molecular formula is C8H9ClN2O2. The summed E-state index contributed by atoms with van der Waals surface area (Å²) < 4.78 is 0. The highest BCUT2D eigenvalue weighted by Crippen LogP contribution is 2.19. The highest BCUT2D eigenvalue weighted by atomic mass is 35.5. The van der Waals surface area contributed by atoms with E-state index in [1.165, 1.54) is 6.20 Å². The van der Waals surface area contributed by atoms with Crippen LogP contribution >= 0.6 is 11.6 Å². The Bertz CT molecular complexity index is 317. The lowest BCUT2D eigenvalue weighted by Gasteiger charge is -2.11. The van der Waals surface area contributed by atoms with E-state index in [1.807, 2.05) is 0 Å². The summed E-state index contributed by atoms with van der Waals surface area (Å²) in [5, 5.41) is 11.8. The van der Waals surface area contributed by atoms with Crippen LogP contribution in [0.25, 0.3) is 0 Å². The first-order chi connectivity index (χ1) is 6.11. The fraction of sp³-hybridized carbons (Fsp3) is 0.250. The van der Waals surface area contributed by atoms with Crippen molar-refractivity contribution in [3.63, 3.8) is 0 Å². The van der Waals surface area contributed by atoms with Gasteiger partial charge in [-0.25, -0.2) is 0 Å². The topological polar surface area (TPSA) is 62.2 Å². The average Bonchev–Trinajstić information content (AvgIpc) is 2.08. The Morgan fingerprint density at radius 1 is 1.77 bits per heavy atom. The van der Waals surface area contributed by atoms with Gasteiger partial charge in [0.05, 0.1) is 10.7 Å². The Hall–Kier alpha value is -1.29. The summed E-state index contributed by atoms with van der Waals surface area (Å²) in [6.07, 6.45) is 3.00. The first kappa shape index (κ1) is 9.80. The maximum absolute atomic E-state index is 10.5. The summed E-state index contributed by atoms with van der Waals surface area (Å²) in [5.74, 6) is -0.923. The third-order valence-electron chi connectivity index (χ3n) is 1.51. The molecule has 13 heavy (non-hydrogen) atoms. The molecule has 0 aromatic carbocycles. The molecule has 0 aliphatic heterocycles. The monoisotopic (exact) mass is 200 g/mol. The van der Waals surface area contributed by atoms with E-state index in [4.69, 9.17) is 16.7 Å². The van der Waals surface area contributed by atoms with Crippen LogP contribution in [0.4, 0.5) is 5.69 Å². The van der Waals surface area contributed by atoms with Crippen molar-refractivity contribution < 1.29 is 9.90 Å². The van der Waals surface area contributed by atoms with Crippen LogP contribution in [0.3, 0.4) is 0 Å². The third-order valence-corrected chi connectivity index (χ3v) is 1.82. The van der Waals surface area contributed by atoms with E-state index >= 15 is 0 Å². The molecule has 2 N–H and O–H groups in total. The van der Waals surface area contributed by atoms with Crippen molar-refractivity contribution in [2.75, 3.05) is 5.32 Å². The molecule has 0 aliphatic carbocycles. The second-order valence-corrected chi connectivity index (χ2v) is 2.97. The van der Waals surface area contributed by atoms with Crippen molar-refractivity contribution in [2.45, 2.75) is 13.0 Å². The minimum absolute atomic E-state index is 0.413. The number of rotatable bonds is 3. The Balaban J connectivity index is 2.74. The number of hydrogen-bond acceptors (Lipinski definition) is 3. The van der Waals surface area contributed by atoms with E-state index in [-0.39, 0.29) is 0 Å². The molecule has 4 nitrogen and oxygen atoms in total. The van der Waals surface area contributed by atoms with Gasteiger partial charge in [-0.15, -0.1) is 0 Å². The van der Waals surface area contributed by atoms with Gasteiger partial charge in [0.1, 0.15) is 6.04 Å². The number of anilines is 1. The van der Waals surface area contributed by atoms with E-state index in [0.29, 0.717) is 10.7 Å². The van der Waals surface area contributed by atoms with Crippen molar-refractivity contribution in [3.05, 3.63) is 23.5 Å². The largest absolute Gasteiger partial charge is 0.480 e. The van der Waals surface area contributed by atoms with Crippen LogP contribution in [-0.4, -0.2) is 22.1 Å². The minimum Gasteiger partial charge on any atom is -0.480 e. The van der Waals surface area contributed by atoms with E-state index in [1.54, 1.807) is 19.2 Å². The third kappa shape index (κ3) is 2.59. The molecule has 0 fully saturated rings. The molecule has 5 heteroatoms. The summed E-state index contributed by atoms with van der Waals surface area (Å²) >= 11 is 5.76. The van der Waals surface area contributed by atoms with Gasteiger partial charge in [-0.1, -0.05) is 11.6 Å². The van der Waals surface area contributed by atoms with Crippen LogP contribution in [0, 0.1) is 0 Å². The number of nitrogens with zero attached hydrogens (tertiary/aromatic N) is 1. The number of carbonyl (C=O) groups is 1. The molecule has 0 unspecified atom stereocenters. The molecule has 1 heterocycles. The van der Waals surface area contributed by atoms with Crippen LogP contribution in [0.2, 0.25) is 5.02 Å². The Labute approximate surface area is 80.6 Å². The molecule has 0 saturated heterocycles. The summed E-state index contributed by atoms with van der Waals surface area (Å²) in [4.78, 5) is 14.3. The van der Waals surface area contributed by atoms with Gasteiger partial charge in [0.15, 0.2) is 0 Å². The average molecular weight is 201 g/mol. The number of hydrogen-bond donors (Lipinski definition) is 2. The zero-order valence-electron chi connectivity index (χ0n) is 6.99. The van der Waals surface area contributed by atoms with Gasteiger partial charge in [0.25, 0.3) is 0 Å². The second kappa shape index (κ2) is 4.09. The lowest BCUT2D eigenvalue weighted by Crippen LogP contribution is -2.25. The van der Waals surface area contributed by atoms with Crippen LogP contribution in [0.1, 0.15) is 6.92 Å². The van der Waals surface area contributed by atoms with Crippen molar-refractivity contribution in [2.24, 2.45) is 0 Å². The van der Waals surface area contributed by atoms with Gasteiger partial charge < -0.3 is 10.4 Å². The summed E-state index contributed by atoms with van der Waals surface area (Å²) in [6, 6.07) is 0.960. The lowest BCUT2D eigenvalue weighted by molar-refractivity contribution is -0.137. The standard InChI is InChI=1S/C8H9ClN2O2/c1-5(8(12)13)11-7-2-3-10-4-6(7)9/h2-5H,1H3,(H,10,11)(H,12,13)/t5-/m0/s1. The number of carboxylic acid groups (broad SMARTS) is 1. The van der Waals surface area contributed by atoms with Gasteiger partial charge in [-0.3, -0.25) is 9.78 Å². The van der Waals surface area contributed by atoms with Gasteiger partial charge in [-0.2, -0.15) is 0 Å². The van der Waals surface area contributed by atoms with Crippen molar-refractivity contribution in [1.82, 2.24) is 4.98 Å². The van der Waals surface area contributed by atoms with Crippen LogP contribution in [-0.2, 0) is 4.79 Å². The Morgan fingerprint density at radius 2 is 2.46 bits per heavy atom. The lowest BCUT2D eigenvalue weighted by atomic mass is 10.3. The van der Waals surface area contributed by atoms with Crippen molar-refractivity contribution in [1.29, 1.82) is 0 Å². The molecule has 0 saturated carbocycles. The smallest absolute Gasteiger partial charge is 0.325 e. The number of aromatic nitrogens is 1. The van der Waals surface area contributed by atoms with Gasteiger partial charge in [-0.05, 0) is 13.0 Å². The number of nitrogens with one attached hydrogen (secondary N) is 1. The number of carboxylic acids is 1. The van der Waals surface area contributed by atoms with Gasteiger partial charge in [0, 0.05) is 12.4 Å². The summed E-state index contributed by atoms with van der Waals surface area (Å²) in [5.41, 5.74) is 0.576. The first-order valence-corrected chi connectivity index (χ1v) is 4.08. The van der Waals surface area contributed by atoms with Crippen LogP contribution in [0.5, 0.6) is 0 Å². The molecule has 70 valence electrons. The molecule has 1 aromatic heterocycles. The van der Waals surface area contributed by atoms with Crippen molar-refractivity contribution in [3.8, 4) is 0 Å². The molecular weight excluding hydrogens is 192 g/mol. The molecule has 1 atom stereocenters. The normalized spacial score (nSPS) is 12.2. The van der Waals surface area contributed by atoms with E-state index < -0.39 is 12.0 Å². The predicted molar refractivity (Wildman–Crippen MR) is 50.0 cm³/mol. The first-order valence-electron chi connectivity index (χ1n) is 3.70. The predicted octanol–water partition coefficient (Wildman–Crippen LogP) is 1.62. The maximum atomic E-state index is 10.5. The number of halogens is 1. The van der Waals surface area contributed by atoms with E-state index in [9.17, 15) is 4.79 Å². The van der Waals surface area contributed by atoms with Crippen LogP contribution < -0.4 is 5.32 Å². The maximum Gasteiger partial charge on any atom is 0.325 e. The highest BCUT2D eigenvalue weighted by Gasteiger charge is 2.11. The molecule has 0 spiro atoms. The SMILES string of the molecule is C[C@H](Nc1ccncc1Cl)C(=O)O. The zero-order valence-corrected chi connectivity index (χ0v) is 7.75. The Kier molecular flexibility index (Phi) is 3.08. The summed E-state index contributed by atoms with van der Waals surface area (Å²) in [6.45, 7) is 1.54. The molecule has 0 bridgehead atoms. The molecule has 1 rings (SSSR count). The van der Waals surface area contributed by atoms with E-state index in [0.717, 1.165) is 0 Å². The molecule has 0 amide bonds. The second-order valence-electron chi connectivity index (χ2n) is 2.56. The number of aliphatic carboxylic acids is 1. The van der Waals surface area contributed by atoms with Crippen LogP contribution in [0.15, 0.2) is 18.5 Å². The fourth-order valence-electron chi connectivity index (χ4n) is 0.787. The Morgan fingerprint density at radius 3 is 3.00 bits per heavy atom. The van der Waals surface area contributed by atoms with Gasteiger partial charge >= 0.3 is 5.97 Å². The zero-order chi connectivity index (χ0) is 9.84. The highest BCUT2D eigenvalue weighted by molar-refractivity contribution is 6.33. The molecule has 0 radical (unpaired) electrons. The molecule has 0 aliphatic rings. The number of pyridine rings is 1. The van der Waals surface area contributed by atoms with Crippen molar-refractivity contribution >= 4 is 23.3 Å².